The number of hydrogen-bond acceptors (Lipinski definition) is 6. The molecule has 1 unspecified atom stereocenters. The first kappa shape index (κ1) is 48.8. The van der Waals surface area contributed by atoms with Crippen LogP contribution in [0.4, 0.5) is 0 Å². The molecule has 0 saturated carbocycles. The predicted octanol–water partition coefficient (Wildman–Crippen LogP) is 12.1. The third kappa shape index (κ3) is 40.4. The third-order valence-corrected chi connectivity index (χ3v) is 8.76. The Morgan fingerprint density at radius 2 is 0.941 bits per heavy atom. The largest absolute Gasteiger partial charge is 0.469 e. The molecule has 0 heterocycles. The third-order valence-electron chi connectivity index (χ3n) is 8.27. The number of phosphoric ester groups is 1. The van der Waals surface area contributed by atoms with Crippen LogP contribution in [0.25, 0.3) is 0 Å². The van der Waals surface area contributed by atoms with Gasteiger partial charge >= 0.3 is 19.8 Å². The van der Waals surface area contributed by atoms with Crippen LogP contribution in [0, 0.1) is 0 Å². The van der Waals surface area contributed by atoms with Gasteiger partial charge in [0.15, 0.2) is 6.10 Å². The Morgan fingerprint density at radius 1 is 0.529 bits per heavy atom. The summed E-state index contributed by atoms with van der Waals surface area (Å²) in [6, 6.07) is 0. The molecule has 9 heteroatoms. The summed E-state index contributed by atoms with van der Waals surface area (Å²) in [4.78, 5) is 42.8. The maximum Gasteiger partial charge on any atom is 0.469 e. The van der Waals surface area contributed by atoms with Crippen LogP contribution in [0.15, 0.2) is 60.8 Å². The standard InChI is InChI=1S/C42H73O8P/c1-3-5-7-9-11-13-15-17-19-21-23-25-27-29-31-33-35-37-42(44)50-40(39-49-51(45,46)47)38-48-41(43)36-34-32-30-28-26-24-22-20-18-16-14-12-10-8-6-4-2/h5,7,11,13-14,16-17,19-20,22,40H,3-4,6,8-10,12,15,18,21,23-39H2,1-2H3,(H2,45,46,47)/b7-5-,13-11-,16-14-,19-17-,22-20-. The number of unbranched alkanes of at least 4 members (excludes halogenated alkanes) is 16. The molecule has 51 heavy (non-hydrogen) atoms. The Morgan fingerprint density at radius 3 is 1.41 bits per heavy atom. The van der Waals surface area contributed by atoms with Gasteiger partial charge in [0.25, 0.3) is 0 Å². The van der Waals surface area contributed by atoms with Crippen molar-refractivity contribution in [2.75, 3.05) is 13.2 Å². The zero-order valence-electron chi connectivity index (χ0n) is 32.2. The molecular formula is C42H73O8P. The molecule has 0 bridgehead atoms. The monoisotopic (exact) mass is 737 g/mol. The second-order valence-corrected chi connectivity index (χ2v) is 14.5. The van der Waals surface area contributed by atoms with E-state index in [9.17, 15) is 14.2 Å². The van der Waals surface area contributed by atoms with E-state index in [4.69, 9.17) is 19.3 Å². The normalized spacial score (nSPS) is 13.1. The molecule has 0 fully saturated rings. The van der Waals surface area contributed by atoms with Crippen LogP contribution in [0.3, 0.4) is 0 Å². The molecule has 0 spiro atoms. The lowest BCUT2D eigenvalue weighted by atomic mass is 10.1. The molecule has 8 nitrogen and oxygen atoms in total. The molecule has 0 amide bonds. The summed E-state index contributed by atoms with van der Waals surface area (Å²) >= 11 is 0. The Balaban J connectivity index is 3.99. The Kier molecular flexibility index (Phi) is 35.9. The molecule has 0 aliphatic rings. The van der Waals surface area contributed by atoms with E-state index < -0.39 is 32.5 Å². The molecule has 0 aromatic carbocycles. The molecule has 2 N–H and O–H groups in total. The lowest BCUT2D eigenvalue weighted by molar-refractivity contribution is -0.161. The molecule has 0 aliphatic heterocycles. The van der Waals surface area contributed by atoms with E-state index in [0.717, 1.165) is 83.5 Å². The van der Waals surface area contributed by atoms with Crippen molar-refractivity contribution in [2.45, 2.75) is 180 Å². The summed E-state index contributed by atoms with van der Waals surface area (Å²) in [6.45, 7) is 3.53. The summed E-state index contributed by atoms with van der Waals surface area (Å²) in [7, 11) is -4.76. The van der Waals surface area contributed by atoms with E-state index in [1.165, 1.54) is 51.4 Å². The van der Waals surface area contributed by atoms with Gasteiger partial charge in [-0.25, -0.2) is 4.57 Å². The van der Waals surface area contributed by atoms with Gasteiger partial charge in [-0.3, -0.25) is 14.1 Å². The minimum atomic E-state index is -4.76. The molecule has 1 atom stereocenters. The molecular weight excluding hydrogens is 663 g/mol. The number of phosphoric acid groups is 1. The minimum absolute atomic E-state index is 0.195. The van der Waals surface area contributed by atoms with E-state index in [2.05, 4.69) is 79.1 Å². The van der Waals surface area contributed by atoms with Crippen molar-refractivity contribution in [2.24, 2.45) is 0 Å². The van der Waals surface area contributed by atoms with Crippen molar-refractivity contribution in [3.63, 3.8) is 0 Å². The van der Waals surface area contributed by atoms with Crippen molar-refractivity contribution >= 4 is 19.8 Å². The highest BCUT2D eigenvalue weighted by Crippen LogP contribution is 2.36. The maximum absolute atomic E-state index is 12.4. The fourth-order valence-electron chi connectivity index (χ4n) is 5.30. The van der Waals surface area contributed by atoms with Crippen LogP contribution in [-0.4, -0.2) is 41.0 Å². The van der Waals surface area contributed by atoms with Crippen molar-refractivity contribution in [1.82, 2.24) is 0 Å². The van der Waals surface area contributed by atoms with E-state index in [0.29, 0.717) is 12.8 Å². The van der Waals surface area contributed by atoms with Crippen LogP contribution in [-0.2, 0) is 28.2 Å². The van der Waals surface area contributed by atoms with Gasteiger partial charge in [-0.2, -0.15) is 0 Å². The first-order valence-corrected chi connectivity index (χ1v) is 21.6. The van der Waals surface area contributed by atoms with Crippen LogP contribution >= 0.6 is 7.82 Å². The molecule has 0 rings (SSSR count). The van der Waals surface area contributed by atoms with Crippen molar-refractivity contribution in [1.29, 1.82) is 0 Å². The molecule has 0 radical (unpaired) electrons. The number of esters is 2. The van der Waals surface area contributed by atoms with Crippen LogP contribution in [0.5, 0.6) is 0 Å². The van der Waals surface area contributed by atoms with Crippen molar-refractivity contribution < 1.29 is 37.9 Å². The van der Waals surface area contributed by atoms with Crippen molar-refractivity contribution in [3.8, 4) is 0 Å². The summed E-state index contributed by atoms with van der Waals surface area (Å²) in [5.74, 6) is -0.915. The number of ether oxygens (including phenoxy) is 2. The van der Waals surface area contributed by atoms with Gasteiger partial charge in [-0.15, -0.1) is 0 Å². The fraction of sp³-hybridized carbons (Fsp3) is 0.714. The van der Waals surface area contributed by atoms with Crippen molar-refractivity contribution in [3.05, 3.63) is 60.8 Å². The topological polar surface area (TPSA) is 119 Å². The summed E-state index contributed by atoms with van der Waals surface area (Å²) < 4.78 is 26.3. The Bertz CT molecular complexity index is 1010. The quantitative estimate of drug-likeness (QED) is 0.0282. The van der Waals surface area contributed by atoms with Crippen LogP contribution in [0.1, 0.15) is 174 Å². The van der Waals surface area contributed by atoms with Gasteiger partial charge in [0.05, 0.1) is 6.61 Å². The average molecular weight is 737 g/mol. The van der Waals surface area contributed by atoms with E-state index in [1.54, 1.807) is 0 Å². The molecule has 0 aliphatic carbocycles. The van der Waals surface area contributed by atoms with E-state index >= 15 is 0 Å². The number of carbonyl (C=O) groups is 2. The van der Waals surface area contributed by atoms with Gasteiger partial charge in [0.2, 0.25) is 0 Å². The molecule has 0 saturated heterocycles. The first-order chi connectivity index (χ1) is 24.8. The number of allylic oxidation sites excluding steroid dienone is 10. The van der Waals surface area contributed by atoms with Gasteiger partial charge in [0, 0.05) is 12.8 Å². The Hall–Kier alpha value is -2.25. The lowest BCUT2D eigenvalue weighted by Crippen LogP contribution is -2.29. The molecule has 294 valence electrons. The van der Waals surface area contributed by atoms with Gasteiger partial charge < -0.3 is 19.3 Å². The van der Waals surface area contributed by atoms with E-state index in [-0.39, 0.29) is 19.4 Å². The highest BCUT2D eigenvalue weighted by molar-refractivity contribution is 7.46. The summed E-state index contributed by atoms with van der Waals surface area (Å²) in [5.41, 5.74) is 0. The van der Waals surface area contributed by atoms with E-state index in [1.807, 2.05) is 0 Å². The minimum Gasteiger partial charge on any atom is -0.462 e. The molecule has 0 aromatic rings. The zero-order chi connectivity index (χ0) is 37.5. The first-order valence-electron chi connectivity index (χ1n) is 20.1. The van der Waals surface area contributed by atoms with Gasteiger partial charge in [-0.05, 0) is 77.0 Å². The highest BCUT2D eigenvalue weighted by atomic mass is 31.2. The SMILES string of the molecule is CC/C=C\C/C=C\C/C=C\CCCCCCCCCC(=O)OC(COC(=O)CCCCCCC/C=C\C/C=C\CCCCCC)COP(=O)(O)O. The average Bonchev–Trinajstić information content (AvgIpc) is 3.10. The second-order valence-electron chi connectivity index (χ2n) is 13.2. The van der Waals surface area contributed by atoms with Crippen LogP contribution < -0.4 is 0 Å². The smallest absolute Gasteiger partial charge is 0.462 e. The number of hydrogen-bond donors (Lipinski definition) is 2. The molecule has 0 aromatic heterocycles. The zero-order valence-corrected chi connectivity index (χ0v) is 33.1. The highest BCUT2D eigenvalue weighted by Gasteiger charge is 2.22. The maximum atomic E-state index is 12.4. The fourth-order valence-corrected chi connectivity index (χ4v) is 5.66. The summed E-state index contributed by atoms with van der Waals surface area (Å²) in [5, 5.41) is 0. The Labute approximate surface area is 311 Å². The number of carbonyl (C=O) groups excluding carboxylic acids is 2. The number of rotatable bonds is 36. The van der Waals surface area contributed by atoms with Gasteiger partial charge in [-0.1, -0.05) is 145 Å². The second kappa shape index (κ2) is 37.5. The summed E-state index contributed by atoms with van der Waals surface area (Å²) in [6.07, 6.45) is 46.5. The van der Waals surface area contributed by atoms with Crippen LogP contribution in [0.2, 0.25) is 0 Å². The lowest BCUT2D eigenvalue weighted by Gasteiger charge is -2.18. The van der Waals surface area contributed by atoms with Gasteiger partial charge in [0.1, 0.15) is 6.61 Å². The predicted molar refractivity (Wildman–Crippen MR) is 211 cm³/mol.